The quantitative estimate of drug-likeness (QED) is 0.465. The van der Waals surface area contributed by atoms with Crippen molar-refractivity contribution in [2.75, 3.05) is 26.2 Å². The van der Waals surface area contributed by atoms with Crippen LogP contribution in [0.25, 0.3) is 0 Å². The number of hydrogen-bond acceptors (Lipinski definition) is 3. The molecule has 102 valence electrons. The smallest absolute Gasteiger partial charge is 0.248 e. The molecule has 0 spiro atoms. The van der Waals surface area contributed by atoms with Crippen LogP contribution in [-0.2, 0) is 9.53 Å². The SMILES string of the molecule is C=CCCOC(C)C(=O)NCCNCCC.Cl. The minimum absolute atomic E-state index is 0. The zero-order chi connectivity index (χ0) is 12.2. The molecule has 0 heterocycles. The fraction of sp³-hybridized carbons (Fsp3) is 0.750. The standard InChI is InChI=1S/C12H24N2O2.ClH/c1-4-6-10-16-11(3)12(15)14-9-8-13-7-5-2;/h4,11,13H,1,5-10H2,2-3H3,(H,14,15);1H. The van der Waals surface area contributed by atoms with E-state index < -0.39 is 0 Å². The fourth-order valence-electron chi connectivity index (χ4n) is 1.12. The molecule has 0 aliphatic rings. The normalized spacial score (nSPS) is 11.4. The van der Waals surface area contributed by atoms with E-state index in [1.54, 1.807) is 13.0 Å². The topological polar surface area (TPSA) is 50.4 Å². The summed E-state index contributed by atoms with van der Waals surface area (Å²) in [7, 11) is 0. The van der Waals surface area contributed by atoms with Crippen molar-refractivity contribution in [3.63, 3.8) is 0 Å². The molecule has 4 nitrogen and oxygen atoms in total. The Bertz CT molecular complexity index is 201. The molecule has 0 saturated heterocycles. The Morgan fingerprint density at radius 2 is 2.12 bits per heavy atom. The summed E-state index contributed by atoms with van der Waals surface area (Å²) < 4.78 is 5.32. The number of rotatable bonds is 10. The second-order valence-electron chi connectivity index (χ2n) is 3.63. The third-order valence-corrected chi connectivity index (χ3v) is 2.09. The molecular formula is C12H25ClN2O2. The molecule has 0 bridgehead atoms. The molecule has 0 aromatic carbocycles. The summed E-state index contributed by atoms with van der Waals surface area (Å²) >= 11 is 0. The minimum Gasteiger partial charge on any atom is -0.368 e. The van der Waals surface area contributed by atoms with Gasteiger partial charge in [0.25, 0.3) is 0 Å². The molecule has 0 rings (SSSR count). The first-order valence-electron chi connectivity index (χ1n) is 5.93. The summed E-state index contributed by atoms with van der Waals surface area (Å²) in [5.41, 5.74) is 0. The Balaban J connectivity index is 0. The minimum atomic E-state index is -0.383. The van der Waals surface area contributed by atoms with E-state index in [9.17, 15) is 4.79 Å². The van der Waals surface area contributed by atoms with E-state index in [0.717, 1.165) is 25.9 Å². The van der Waals surface area contributed by atoms with Gasteiger partial charge in [-0.25, -0.2) is 0 Å². The van der Waals surface area contributed by atoms with E-state index in [1.807, 2.05) is 0 Å². The summed E-state index contributed by atoms with van der Waals surface area (Å²) in [6.45, 7) is 10.5. The first kappa shape index (κ1) is 18.8. The maximum Gasteiger partial charge on any atom is 0.248 e. The Kier molecular flexibility index (Phi) is 14.9. The number of carbonyl (C=O) groups excluding carboxylic acids is 1. The number of carbonyl (C=O) groups is 1. The molecule has 17 heavy (non-hydrogen) atoms. The van der Waals surface area contributed by atoms with Crippen molar-refractivity contribution >= 4 is 18.3 Å². The second-order valence-corrected chi connectivity index (χ2v) is 3.63. The lowest BCUT2D eigenvalue weighted by Crippen LogP contribution is -2.38. The zero-order valence-corrected chi connectivity index (χ0v) is 11.6. The van der Waals surface area contributed by atoms with Crippen LogP contribution < -0.4 is 10.6 Å². The molecule has 5 heteroatoms. The predicted octanol–water partition coefficient (Wildman–Crippen LogP) is 1.51. The van der Waals surface area contributed by atoms with E-state index >= 15 is 0 Å². The van der Waals surface area contributed by atoms with Gasteiger partial charge in [0.2, 0.25) is 5.91 Å². The van der Waals surface area contributed by atoms with Gasteiger partial charge in [0.05, 0.1) is 6.61 Å². The van der Waals surface area contributed by atoms with Crippen molar-refractivity contribution in [3.05, 3.63) is 12.7 Å². The summed E-state index contributed by atoms with van der Waals surface area (Å²) in [5, 5.41) is 6.03. The van der Waals surface area contributed by atoms with Crippen LogP contribution in [0.1, 0.15) is 26.7 Å². The average molecular weight is 265 g/mol. The number of halogens is 1. The van der Waals surface area contributed by atoms with Gasteiger partial charge >= 0.3 is 0 Å². The highest BCUT2D eigenvalue weighted by Gasteiger charge is 2.11. The average Bonchev–Trinajstić information content (AvgIpc) is 2.28. The van der Waals surface area contributed by atoms with Gasteiger partial charge in [-0.1, -0.05) is 13.0 Å². The Morgan fingerprint density at radius 3 is 2.71 bits per heavy atom. The number of amides is 1. The molecule has 2 N–H and O–H groups in total. The zero-order valence-electron chi connectivity index (χ0n) is 10.8. The van der Waals surface area contributed by atoms with Crippen molar-refractivity contribution in [3.8, 4) is 0 Å². The lowest BCUT2D eigenvalue weighted by Gasteiger charge is -2.12. The van der Waals surface area contributed by atoms with E-state index in [-0.39, 0.29) is 24.4 Å². The first-order valence-corrected chi connectivity index (χ1v) is 5.93. The van der Waals surface area contributed by atoms with E-state index in [1.165, 1.54) is 0 Å². The van der Waals surface area contributed by atoms with Crippen LogP contribution in [0.3, 0.4) is 0 Å². The van der Waals surface area contributed by atoms with Crippen LogP contribution in [0.2, 0.25) is 0 Å². The van der Waals surface area contributed by atoms with Crippen LogP contribution >= 0.6 is 12.4 Å². The molecule has 0 aromatic heterocycles. The van der Waals surface area contributed by atoms with Crippen LogP contribution in [0, 0.1) is 0 Å². The molecule has 1 unspecified atom stereocenters. The van der Waals surface area contributed by atoms with Crippen molar-refractivity contribution in [1.82, 2.24) is 10.6 Å². The Hall–Kier alpha value is -0.580. The van der Waals surface area contributed by atoms with Crippen molar-refractivity contribution in [2.24, 2.45) is 0 Å². The maximum atomic E-state index is 11.5. The summed E-state index contributed by atoms with van der Waals surface area (Å²) in [4.78, 5) is 11.5. The van der Waals surface area contributed by atoms with Gasteiger partial charge in [-0.15, -0.1) is 19.0 Å². The highest BCUT2D eigenvalue weighted by atomic mass is 35.5. The molecule has 0 saturated carbocycles. The highest BCUT2D eigenvalue weighted by Crippen LogP contribution is 1.92. The molecular weight excluding hydrogens is 240 g/mol. The largest absolute Gasteiger partial charge is 0.368 e. The van der Waals surface area contributed by atoms with Crippen LogP contribution in [-0.4, -0.2) is 38.3 Å². The van der Waals surface area contributed by atoms with Gasteiger partial charge in [-0.3, -0.25) is 4.79 Å². The second kappa shape index (κ2) is 13.5. The first-order chi connectivity index (χ1) is 7.72. The van der Waals surface area contributed by atoms with Gasteiger partial charge in [-0.05, 0) is 26.3 Å². The highest BCUT2D eigenvalue weighted by molar-refractivity contribution is 5.85. The molecule has 0 aromatic rings. The number of hydrogen-bond donors (Lipinski definition) is 2. The summed E-state index contributed by atoms with van der Waals surface area (Å²) in [6, 6.07) is 0. The Morgan fingerprint density at radius 1 is 1.41 bits per heavy atom. The van der Waals surface area contributed by atoms with Gasteiger partial charge in [0.1, 0.15) is 6.10 Å². The van der Waals surface area contributed by atoms with Gasteiger partial charge in [0, 0.05) is 13.1 Å². The molecule has 1 amide bonds. The van der Waals surface area contributed by atoms with Gasteiger partial charge in [-0.2, -0.15) is 0 Å². The summed E-state index contributed by atoms with van der Waals surface area (Å²) in [6.07, 6.45) is 3.27. The van der Waals surface area contributed by atoms with Crippen LogP contribution in [0.5, 0.6) is 0 Å². The Labute approximate surface area is 111 Å². The maximum absolute atomic E-state index is 11.5. The molecule has 0 aliphatic heterocycles. The monoisotopic (exact) mass is 264 g/mol. The van der Waals surface area contributed by atoms with E-state index in [2.05, 4.69) is 24.1 Å². The van der Waals surface area contributed by atoms with Crippen molar-refractivity contribution < 1.29 is 9.53 Å². The fourth-order valence-corrected chi connectivity index (χ4v) is 1.12. The third kappa shape index (κ3) is 11.7. The lowest BCUT2D eigenvalue weighted by molar-refractivity contribution is -0.131. The van der Waals surface area contributed by atoms with Crippen LogP contribution in [0.4, 0.5) is 0 Å². The predicted molar refractivity (Wildman–Crippen MR) is 73.6 cm³/mol. The molecule has 0 radical (unpaired) electrons. The molecule has 0 aliphatic carbocycles. The van der Waals surface area contributed by atoms with Crippen molar-refractivity contribution in [2.45, 2.75) is 32.8 Å². The van der Waals surface area contributed by atoms with E-state index in [0.29, 0.717) is 13.2 Å². The third-order valence-electron chi connectivity index (χ3n) is 2.09. The molecule has 1 atom stereocenters. The van der Waals surface area contributed by atoms with Crippen molar-refractivity contribution in [1.29, 1.82) is 0 Å². The number of nitrogens with one attached hydrogen (secondary N) is 2. The number of ether oxygens (including phenoxy) is 1. The summed E-state index contributed by atoms with van der Waals surface area (Å²) in [5.74, 6) is -0.0534. The van der Waals surface area contributed by atoms with Gasteiger partial charge in [0.15, 0.2) is 0 Å². The van der Waals surface area contributed by atoms with Crippen LogP contribution in [0.15, 0.2) is 12.7 Å². The molecule has 0 fully saturated rings. The van der Waals surface area contributed by atoms with E-state index in [4.69, 9.17) is 4.74 Å². The van der Waals surface area contributed by atoms with Gasteiger partial charge < -0.3 is 15.4 Å². The lowest BCUT2D eigenvalue weighted by atomic mass is 10.3.